The lowest BCUT2D eigenvalue weighted by Crippen LogP contribution is -2.41. The van der Waals surface area contributed by atoms with Gasteiger partial charge in [-0.3, -0.25) is 0 Å². The lowest BCUT2D eigenvalue weighted by Gasteiger charge is -2.27. The largest absolute Gasteiger partial charge is 0.479 e. The number of aliphatic hydroxyl groups is 3. The highest BCUT2D eigenvalue weighted by Gasteiger charge is 2.31. The van der Waals surface area contributed by atoms with Crippen molar-refractivity contribution < 1.29 is 29.6 Å². The Labute approximate surface area is 134 Å². The lowest BCUT2D eigenvalue weighted by atomic mass is 9.93. The minimum atomic E-state index is -1.26. The molecule has 0 aromatic heterocycles. The summed E-state index contributed by atoms with van der Waals surface area (Å²) in [5.74, 6) is -0.152. The molecule has 1 unspecified atom stereocenters. The quantitative estimate of drug-likeness (QED) is 0.613. The molecule has 0 aliphatic carbocycles. The van der Waals surface area contributed by atoms with E-state index in [1.165, 1.54) is 6.92 Å². The molecule has 0 amide bonds. The molecule has 3 N–H and O–H groups in total. The van der Waals surface area contributed by atoms with E-state index in [1.807, 2.05) is 0 Å². The summed E-state index contributed by atoms with van der Waals surface area (Å²) < 4.78 is 10.5. The minimum Gasteiger partial charge on any atom is -0.479 e. The van der Waals surface area contributed by atoms with E-state index in [9.17, 15) is 20.1 Å². The molecule has 0 aliphatic rings. The molecular weight excluding hydrogens is 312 g/mol. The standard InChI is InChI=1S/C15H21ClO6/c1-10-5-12(16)3-4-13(10)22-11(2)14(20)21-9-15(6-17,7-18)8-19/h3-5,11,17-19H,6-9H2,1-2H3. The second-order valence-electron chi connectivity index (χ2n) is 5.25. The Balaban J connectivity index is 2.62. The molecule has 6 nitrogen and oxygen atoms in total. The maximum Gasteiger partial charge on any atom is 0.347 e. The predicted molar refractivity (Wildman–Crippen MR) is 80.9 cm³/mol. The van der Waals surface area contributed by atoms with Crippen molar-refractivity contribution >= 4 is 17.6 Å². The van der Waals surface area contributed by atoms with Crippen molar-refractivity contribution in [2.75, 3.05) is 26.4 Å². The highest BCUT2D eigenvalue weighted by Crippen LogP contribution is 2.23. The van der Waals surface area contributed by atoms with Gasteiger partial charge in [0.15, 0.2) is 6.10 Å². The summed E-state index contributed by atoms with van der Waals surface area (Å²) in [6.07, 6.45) is -0.881. The van der Waals surface area contributed by atoms with Crippen LogP contribution in [0.5, 0.6) is 5.75 Å². The number of hydrogen-bond acceptors (Lipinski definition) is 6. The Morgan fingerprint density at radius 1 is 1.27 bits per heavy atom. The van der Waals surface area contributed by atoms with Gasteiger partial charge in [-0.2, -0.15) is 0 Å². The van der Waals surface area contributed by atoms with Crippen LogP contribution in [0.1, 0.15) is 12.5 Å². The molecule has 0 bridgehead atoms. The normalized spacial score (nSPS) is 12.8. The van der Waals surface area contributed by atoms with Crippen LogP contribution in [-0.2, 0) is 9.53 Å². The summed E-state index contributed by atoms with van der Waals surface area (Å²) in [5.41, 5.74) is -0.478. The number of carbonyl (C=O) groups is 1. The summed E-state index contributed by atoms with van der Waals surface area (Å²) in [5, 5.41) is 28.1. The van der Waals surface area contributed by atoms with Crippen LogP contribution in [0.25, 0.3) is 0 Å². The third kappa shape index (κ3) is 4.84. The summed E-state index contributed by atoms with van der Waals surface area (Å²) in [6.45, 7) is 1.52. The second-order valence-corrected chi connectivity index (χ2v) is 5.69. The molecule has 0 aliphatic heterocycles. The van der Waals surface area contributed by atoms with Crippen LogP contribution in [-0.4, -0.2) is 53.8 Å². The van der Waals surface area contributed by atoms with Crippen molar-refractivity contribution in [2.45, 2.75) is 20.0 Å². The maximum atomic E-state index is 11.9. The average molecular weight is 333 g/mol. The number of hydrogen-bond donors (Lipinski definition) is 3. The smallest absolute Gasteiger partial charge is 0.347 e. The van der Waals surface area contributed by atoms with Gasteiger partial charge in [0, 0.05) is 5.02 Å². The van der Waals surface area contributed by atoms with E-state index in [-0.39, 0.29) is 6.61 Å². The number of aryl methyl sites for hydroxylation is 1. The van der Waals surface area contributed by atoms with E-state index in [0.29, 0.717) is 10.8 Å². The fourth-order valence-corrected chi connectivity index (χ4v) is 1.84. The topological polar surface area (TPSA) is 96.2 Å². The van der Waals surface area contributed by atoms with Crippen molar-refractivity contribution in [1.82, 2.24) is 0 Å². The molecule has 1 rings (SSSR count). The lowest BCUT2D eigenvalue weighted by molar-refractivity contribution is -0.158. The van der Waals surface area contributed by atoms with Crippen LogP contribution in [0, 0.1) is 12.3 Å². The Kier molecular flexibility index (Phi) is 7.09. The monoisotopic (exact) mass is 332 g/mol. The van der Waals surface area contributed by atoms with Gasteiger partial charge in [-0.15, -0.1) is 0 Å². The van der Waals surface area contributed by atoms with E-state index in [4.69, 9.17) is 21.1 Å². The molecule has 0 heterocycles. The minimum absolute atomic E-state index is 0.303. The third-order valence-corrected chi connectivity index (χ3v) is 3.53. The molecule has 22 heavy (non-hydrogen) atoms. The molecule has 0 saturated carbocycles. The molecule has 0 spiro atoms. The predicted octanol–water partition coefficient (Wildman–Crippen LogP) is 0.922. The summed E-state index contributed by atoms with van der Waals surface area (Å²) in [6, 6.07) is 5.01. The number of rotatable bonds is 8. The van der Waals surface area contributed by atoms with Gasteiger partial charge in [-0.25, -0.2) is 4.79 Å². The number of esters is 1. The first-order valence-corrected chi connectivity index (χ1v) is 7.17. The molecule has 124 valence electrons. The van der Waals surface area contributed by atoms with Gasteiger partial charge in [0.25, 0.3) is 0 Å². The number of halogens is 1. The van der Waals surface area contributed by atoms with Gasteiger partial charge in [-0.1, -0.05) is 11.6 Å². The maximum absolute atomic E-state index is 11.9. The zero-order valence-corrected chi connectivity index (χ0v) is 13.3. The SMILES string of the molecule is Cc1cc(Cl)ccc1OC(C)C(=O)OCC(CO)(CO)CO. The van der Waals surface area contributed by atoms with Gasteiger partial charge < -0.3 is 24.8 Å². The second kappa shape index (κ2) is 8.33. The Hall–Kier alpha value is -1.34. The van der Waals surface area contributed by atoms with Crippen LogP contribution in [0.3, 0.4) is 0 Å². The number of ether oxygens (including phenoxy) is 2. The molecule has 1 atom stereocenters. The van der Waals surface area contributed by atoms with Crippen LogP contribution >= 0.6 is 11.6 Å². The number of aliphatic hydroxyl groups excluding tert-OH is 3. The zero-order valence-electron chi connectivity index (χ0n) is 12.6. The number of benzene rings is 1. The van der Waals surface area contributed by atoms with Gasteiger partial charge >= 0.3 is 5.97 Å². The fraction of sp³-hybridized carbons (Fsp3) is 0.533. The Morgan fingerprint density at radius 2 is 1.86 bits per heavy atom. The van der Waals surface area contributed by atoms with E-state index in [2.05, 4.69) is 0 Å². The first-order chi connectivity index (χ1) is 10.4. The molecule has 1 aromatic rings. The van der Waals surface area contributed by atoms with Crippen molar-refractivity contribution in [2.24, 2.45) is 5.41 Å². The van der Waals surface area contributed by atoms with E-state index < -0.39 is 37.3 Å². The number of carbonyl (C=O) groups excluding carboxylic acids is 1. The highest BCUT2D eigenvalue weighted by molar-refractivity contribution is 6.30. The fourth-order valence-electron chi connectivity index (χ4n) is 1.61. The van der Waals surface area contributed by atoms with E-state index in [1.54, 1.807) is 25.1 Å². The first kappa shape index (κ1) is 18.7. The average Bonchev–Trinajstić information content (AvgIpc) is 2.51. The van der Waals surface area contributed by atoms with Crippen molar-refractivity contribution in [3.63, 3.8) is 0 Å². The van der Waals surface area contributed by atoms with Crippen LogP contribution in [0.2, 0.25) is 5.02 Å². The van der Waals surface area contributed by atoms with Crippen LogP contribution < -0.4 is 4.74 Å². The van der Waals surface area contributed by atoms with Crippen molar-refractivity contribution in [1.29, 1.82) is 0 Å². The highest BCUT2D eigenvalue weighted by atomic mass is 35.5. The first-order valence-electron chi connectivity index (χ1n) is 6.79. The van der Waals surface area contributed by atoms with Crippen LogP contribution in [0.15, 0.2) is 18.2 Å². The van der Waals surface area contributed by atoms with Crippen LogP contribution in [0.4, 0.5) is 0 Å². The van der Waals surface area contributed by atoms with Gasteiger partial charge in [0.2, 0.25) is 0 Å². The summed E-state index contributed by atoms with van der Waals surface area (Å²) in [4.78, 5) is 11.9. The van der Waals surface area contributed by atoms with Crippen molar-refractivity contribution in [3.05, 3.63) is 28.8 Å². The molecule has 0 saturated heterocycles. The van der Waals surface area contributed by atoms with Crippen molar-refractivity contribution in [3.8, 4) is 5.75 Å². The zero-order chi connectivity index (χ0) is 16.8. The van der Waals surface area contributed by atoms with E-state index >= 15 is 0 Å². The molecule has 0 radical (unpaired) electrons. The Bertz CT molecular complexity index is 493. The molecular formula is C15H21ClO6. The molecule has 7 heteroatoms. The van der Waals surface area contributed by atoms with Gasteiger partial charge in [0.1, 0.15) is 12.4 Å². The van der Waals surface area contributed by atoms with Gasteiger partial charge in [-0.05, 0) is 37.6 Å². The van der Waals surface area contributed by atoms with E-state index in [0.717, 1.165) is 5.56 Å². The summed E-state index contributed by atoms with van der Waals surface area (Å²) >= 11 is 5.85. The Morgan fingerprint density at radius 3 is 2.36 bits per heavy atom. The third-order valence-electron chi connectivity index (χ3n) is 3.30. The molecule has 0 fully saturated rings. The van der Waals surface area contributed by atoms with Gasteiger partial charge in [0.05, 0.1) is 25.2 Å². The molecule has 1 aromatic carbocycles. The summed E-state index contributed by atoms with van der Waals surface area (Å²) in [7, 11) is 0.